The summed E-state index contributed by atoms with van der Waals surface area (Å²) < 4.78 is 43.4. The number of benzene rings is 2. The lowest BCUT2D eigenvalue weighted by Gasteiger charge is -2.12. The molecule has 0 radical (unpaired) electrons. The fourth-order valence-corrected chi connectivity index (χ4v) is 4.17. The van der Waals surface area contributed by atoms with Crippen LogP contribution in [0.25, 0.3) is 11.4 Å². The van der Waals surface area contributed by atoms with Gasteiger partial charge in [-0.05, 0) is 55.3 Å². The van der Waals surface area contributed by atoms with E-state index >= 15 is 0 Å². The molecule has 0 bridgehead atoms. The number of hydrogen-bond donors (Lipinski definition) is 2. The Morgan fingerprint density at radius 1 is 1.10 bits per heavy atom. The van der Waals surface area contributed by atoms with Crippen molar-refractivity contribution < 1.29 is 22.4 Å². The number of anilines is 1. The molecule has 1 saturated carbocycles. The zero-order valence-electron chi connectivity index (χ0n) is 16.6. The fourth-order valence-electron chi connectivity index (χ4n) is 2.84. The third-order valence-electron chi connectivity index (χ3n) is 4.63. The third-order valence-corrected chi connectivity index (χ3v) is 6.14. The van der Waals surface area contributed by atoms with E-state index in [2.05, 4.69) is 20.2 Å². The fraction of sp³-hybridized carbons (Fsp3) is 0.300. The summed E-state index contributed by atoms with van der Waals surface area (Å²) in [6.45, 7) is 0.207. The first-order valence-corrected chi connectivity index (χ1v) is 10.9. The van der Waals surface area contributed by atoms with Gasteiger partial charge in [-0.1, -0.05) is 5.16 Å². The largest absolute Gasteiger partial charge is 0.497 e. The van der Waals surface area contributed by atoms with E-state index in [1.54, 1.807) is 13.2 Å². The van der Waals surface area contributed by atoms with Gasteiger partial charge in [0.2, 0.25) is 21.7 Å². The molecule has 0 amide bonds. The third kappa shape index (κ3) is 4.55. The number of nitrogens with one attached hydrogen (secondary N) is 2. The Balaban J connectivity index is 1.48. The first kappa shape index (κ1) is 20.2. The Hall–Kier alpha value is -3.11. The van der Waals surface area contributed by atoms with E-state index in [-0.39, 0.29) is 17.5 Å². The number of hydrogen-bond acceptors (Lipinski definition) is 8. The lowest BCUT2D eigenvalue weighted by atomic mass is 10.2. The maximum atomic E-state index is 12.5. The molecule has 4 rings (SSSR count). The Labute approximate surface area is 174 Å². The molecule has 0 saturated heterocycles. The first-order valence-electron chi connectivity index (χ1n) is 9.40. The molecule has 1 fully saturated rings. The second-order valence-electron chi connectivity index (χ2n) is 6.85. The molecular weight excluding hydrogens is 408 g/mol. The molecule has 1 aliphatic carbocycles. The number of sulfonamides is 1. The van der Waals surface area contributed by atoms with Crippen LogP contribution in [0.3, 0.4) is 0 Å². The average molecular weight is 430 g/mol. The van der Waals surface area contributed by atoms with Crippen LogP contribution in [0.5, 0.6) is 11.5 Å². The van der Waals surface area contributed by atoms with Gasteiger partial charge in [-0.25, -0.2) is 13.1 Å². The summed E-state index contributed by atoms with van der Waals surface area (Å²) in [4.78, 5) is 4.54. The average Bonchev–Trinajstić information content (AvgIpc) is 3.44. The predicted octanol–water partition coefficient (Wildman–Crippen LogP) is 2.81. The maximum Gasteiger partial charge on any atom is 0.246 e. The smallest absolute Gasteiger partial charge is 0.246 e. The second-order valence-corrected chi connectivity index (χ2v) is 8.57. The van der Waals surface area contributed by atoms with Crippen LogP contribution in [0.4, 0.5) is 5.69 Å². The lowest BCUT2D eigenvalue weighted by Crippen LogP contribution is -2.25. The standard InChI is InChI=1S/C20H22N4O5S/c1-27-15-7-3-13(4-8-15)20-22-19(29-23-20)12-21-17-11-16(9-10-18(17)28-2)30(25,26)24-14-5-6-14/h3-4,7-11,14,21,24H,5-6,12H2,1-2H3. The summed E-state index contributed by atoms with van der Waals surface area (Å²) in [5.74, 6) is 2.05. The summed E-state index contributed by atoms with van der Waals surface area (Å²) >= 11 is 0. The molecule has 1 heterocycles. The molecule has 9 nitrogen and oxygen atoms in total. The quantitative estimate of drug-likeness (QED) is 0.532. The number of nitrogens with zero attached hydrogens (tertiary/aromatic N) is 2. The van der Waals surface area contributed by atoms with E-state index in [0.717, 1.165) is 24.2 Å². The molecule has 2 aromatic carbocycles. The Morgan fingerprint density at radius 2 is 1.87 bits per heavy atom. The van der Waals surface area contributed by atoms with E-state index < -0.39 is 10.0 Å². The van der Waals surface area contributed by atoms with Gasteiger partial charge in [0.05, 0.1) is 31.3 Å². The monoisotopic (exact) mass is 430 g/mol. The minimum atomic E-state index is -3.57. The van der Waals surface area contributed by atoms with Crippen molar-refractivity contribution in [2.75, 3.05) is 19.5 Å². The molecule has 0 aliphatic heterocycles. The van der Waals surface area contributed by atoms with E-state index in [1.165, 1.54) is 19.2 Å². The molecule has 1 aliphatic rings. The SMILES string of the molecule is COc1ccc(-c2noc(CNc3cc(S(=O)(=O)NC4CC4)ccc3OC)n2)cc1. The van der Waals surface area contributed by atoms with Crippen LogP contribution in [0.15, 0.2) is 51.9 Å². The van der Waals surface area contributed by atoms with Crippen LogP contribution in [0.2, 0.25) is 0 Å². The van der Waals surface area contributed by atoms with Crippen molar-refractivity contribution in [3.05, 3.63) is 48.4 Å². The van der Waals surface area contributed by atoms with Crippen LogP contribution >= 0.6 is 0 Å². The van der Waals surface area contributed by atoms with Crippen molar-refractivity contribution >= 4 is 15.7 Å². The minimum Gasteiger partial charge on any atom is -0.497 e. The summed E-state index contributed by atoms with van der Waals surface area (Å²) in [5.41, 5.74) is 1.31. The molecule has 0 unspecified atom stereocenters. The summed E-state index contributed by atoms with van der Waals surface area (Å²) in [7, 11) is -0.452. The van der Waals surface area contributed by atoms with Gasteiger partial charge in [0.15, 0.2) is 0 Å². The van der Waals surface area contributed by atoms with Crippen molar-refractivity contribution in [1.82, 2.24) is 14.9 Å². The zero-order chi connectivity index (χ0) is 21.1. The van der Waals surface area contributed by atoms with Crippen LogP contribution in [0, 0.1) is 0 Å². The second kappa shape index (κ2) is 8.33. The van der Waals surface area contributed by atoms with Crippen molar-refractivity contribution in [3.63, 3.8) is 0 Å². The Morgan fingerprint density at radius 3 is 2.53 bits per heavy atom. The summed E-state index contributed by atoms with van der Waals surface area (Å²) in [6, 6.07) is 12.0. The van der Waals surface area contributed by atoms with Gasteiger partial charge in [0.1, 0.15) is 11.5 Å². The highest BCUT2D eigenvalue weighted by Gasteiger charge is 2.28. The van der Waals surface area contributed by atoms with Gasteiger partial charge in [0.25, 0.3) is 0 Å². The Bertz CT molecular complexity index is 1120. The molecule has 10 heteroatoms. The number of methoxy groups -OCH3 is 2. The van der Waals surface area contributed by atoms with Gasteiger partial charge in [-0.2, -0.15) is 4.98 Å². The normalized spacial score (nSPS) is 13.8. The van der Waals surface area contributed by atoms with Crippen LogP contribution in [-0.4, -0.2) is 38.8 Å². The van der Waals surface area contributed by atoms with Crippen LogP contribution < -0.4 is 19.5 Å². The molecular formula is C20H22N4O5S. The predicted molar refractivity (Wildman–Crippen MR) is 110 cm³/mol. The van der Waals surface area contributed by atoms with Crippen molar-refractivity contribution in [2.45, 2.75) is 30.3 Å². The maximum absolute atomic E-state index is 12.5. The molecule has 30 heavy (non-hydrogen) atoms. The molecule has 158 valence electrons. The van der Waals surface area contributed by atoms with Crippen molar-refractivity contribution in [3.8, 4) is 22.9 Å². The Kier molecular flexibility index (Phi) is 5.60. The van der Waals surface area contributed by atoms with Gasteiger partial charge in [-0.15, -0.1) is 0 Å². The zero-order valence-corrected chi connectivity index (χ0v) is 17.4. The highest BCUT2D eigenvalue weighted by atomic mass is 32.2. The van der Waals surface area contributed by atoms with Gasteiger partial charge in [0, 0.05) is 11.6 Å². The highest BCUT2D eigenvalue weighted by Crippen LogP contribution is 2.29. The number of aromatic nitrogens is 2. The molecule has 3 aromatic rings. The minimum absolute atomic E-state index is 0.0308. The number of rotatable bonds is 9. The lowest BCUT2D eigenvalue weighted by molar-refractivity contribution is 0.383. The van der Waals surface area contributed by atoms with Gasteiger partial charge < -0.3 is 19.3 Å². The molecule has 0 spiro atoms. The van der Waals surface area contributed by atoms with Crippen molar-refractivity contribution in [1.29, 1.82) is 0 Å². The summed E-state index contributed by atoms with van der Waals surface area (Å²) in [6.07, 6.45) is 1.74. The van der Waals surface area contributed by atoms with E-state index in [1.807, 2.05) is 24.3 Å². The van der Waals surface area contributed by atoms with Gasteiger partial charge in [-0.3, -0.25) is 0 Å². The topological polar surface area (TPSA) is 116 Å². The molecule has 2 N–H and O–H groups in total. The first-order chi connectivity index (χ1) is 14.5. The van der Waals surface area contributed by atoms with E-state index in [9.17, 15) is 8.42 Å². The molecule has 0 atom stereocenters. The van der Waals surface area contributed by atoms with Crippen molar-refractivity contribution in [2.24, 2.45) is 0 Å². The van der Waals surface area contributed by atoms with E-state index in [4.69, 9.17) is 14.0 Å². The molecule has 1 aromatic heterocycles. The summed E-state index contributed by atoms with van der Waals surface area (Å²) in [5, 5.41) is 7.10. The highest BCUT2D eigenvalue weighted by molar-refractivity contribution is 7.89. The van der Waals surface area contributed by atoms with Gasteiger partial charge >= 0.3 is 0 Å². The van der Waals surface area contributed by atoms with E-state index in [0.29, 0.717) is 23.2 Å². The van der Waals surface area contributed by atoms with Crippen LogP contribution in [0.1, 0.15) is 18.7 Å². The number of ether oxygens (including phenoxy) is 2. The van der Waals surface area contributed by atoms with Crippen LogP contribution in [-0.2, 0) is 16.6 Å².